The van der Waals surface area contributed by atoms with Crippen LogP contribution in [-0.2, 0) is 23.9 Å². The monoisotopic (exact) mass is 368 g/mol. The summed E-state index contributed by atoms with van der Waals surface area (Å²) < 4.78 is 10.6. The maximum absolute atomic E-state index is 12.7. The van der Waals surface area contributed by atoms with Crippen molar-refractivity contribution >= 4 is 17.8 Å². The van der Waals surface area contributed by atoms with Gasteiger partial charge in [0.15, 0.2) is 6.10 Å². The lowest BCUT2D eigenvalue weighted by Gasteiger charge is -2.46. The fourth-order valence-electron chi connectivity index (χ4n) is 4.51. The summed E-state index contributed by atoms with van der Waals surface area (Å²) >= 11 is 0. The molecular formula is C19H32N2O5. The lowest BCUT2D eigenvalue weighted by molar-refractivity contribution is -0.157. The Morgan fingerprint density at radius 3 is 2.23 bits per heavy atom. The van der Waals surface area contributed by atoms with Crippen molar-refractivity contribution in [3.8, 4) is 0 Å². The maximum Gasteiger partial charge on any atom is 0.314 e. The van der Waals surface area contributed by atoms with Gasteiger partial charge in [-0.25, -0.2) is 0 Å². The second kappa shape index (κ2) is 8.37. The molecule has 2 heterocycles. The number of carbonyl (C=O) groups excluding carboxylic acids is 3. The molecule has 0 unspecified atom stereocenters. The molecular weight excluding hydrogens is 336 g/mol. The second-order valence-corrected chi connectivity index (χ2v) is 7.23. The summed E-state index contributed by atoms with van der Waals surface area (Å²) in [5, 5.41) is 0. The van der Waals surface area contributed by atoms with E-state index in [1.54, 1.807) is 18.9 Å². The number of esters is 1. The van der Waals surface area contributed by atoms with Crippen molar-refractivity contribution in [2.45, 2.75) is 58.1 Å². The Balaban J connectivity index is 2.23. The maximum atomic E-state index is 12.7. The minimum atomic E-state index is -0.819. The molecule has 0 aromatic rings. The van der Waals surface area contributed by atoms with Crippen LogP contribution in [0.5, 0.6) is 0 Å². The van der Waals surface area contributed by atoms with Crippen molar-refractivity contribution in [2.24, 2.45) is 11.8 Å². The van der Waals surface area contributed by atoms with Crippen LogP contribution in [0.25, 0.3) is 0 Å². The van der Waals surface area contributed by atoms with Crippen LogP contribution in [0.3, 0.4) is 0 Å². The van der Waals surface area contributed by atoms with Crippen molar-refractivity contribution in [1.82, 2.24) is 9.80 Å². The molecule has 2 fully saturated rings. The van der Waals surface area contributed by atoms with Gasteiger partial charge >= 0.3 is 5.97 Å². The predicted molar refractivity (Wildman–Crippen MR) is 96.3 cm³/mol. The van der Waals surface area contributed by atoms with E-state index in [2.05, 4.69) is 0 Å². The van der Waals surface area contributed by atoms with E-state index in [0.717, 1.165) is 12.8 Å². The zero-order valence-electron chi connectivity index (χ0n) is 16.6. The molecule has 0 aromatic heterocycles. The third-order valence-corrected chi connectivity index (χ3v) is 6.19. The summed E-state index contributed by atoms with van der Waals surface area (Å²) in [6, 6.07) is 0. The van der Waals surface area contributed by atoms with Crippen LogP contribution in [0.1, 0.15) is 46.5 Å². The van der Waals surface area contributed by atoms with E-state index in [1.807, 2.05) is 18.7 Å². The molecule has 0 aliphatic carbocycles. The minimum Gasteiger partial charge on any atom is -0.466 e. The van der Waals surface area contributed by atoms with Gasteiger partial charge in [0, 0.05) is 33.2 Å². The van der Waals surface area contributed by atoms with Gasteiger partial charge in [-0.05, 0) is 32.6 Å². The SMILES string of the molecule is CCOC(=O)[C@@H]1[C@@H](OC)C(=O)N(C)C12CCN(C(=O)C(CC)CC)CC2. The van der Waals surface area contributed by atoms with Gasteiger partial charge < -0.3 is 19.3 Å². The molecule has 2 saturated heterocycles. The molecule has 26 heavy (non-hydrogen) atoms. The van der Waals surface area contributed by atoms with Crippen LogP contribution >= 0.6 is 0 Å². The standard InChI is InChI=1S/C19H32N2O5/c1-6-13(7-2)16(22)21-11-9-19(10-12-21)14(18(24)26-8-3)15(25-5)17(23)20(19)4/h13-15H,6-12H2,1-5H3/t14-,15+/m0/s1. The molecule has 148 valence electrons. The van der Waals surface area contributed by atoms with Crippen molar-refractivity contribution in [3.05, 3.63) is 0 Å². The van der Waals surface area contributed by atoms with Gasteiger partial charge in [-0.1, -0.05) is 13.8 Å². The number of nitrogens with zero attached hydrogens (tertiary/aromatic N) is 2. The van der Waals surface area contributed by atoms with Crippen LogP contribution in [0.15, 0.2) is 0 Å². The highest BCUT2D eigenvalue weighted by molar-refractivity contribution is 5.93. The largest absolute Gasteiger partial charge is 0.466 e. The molecule has 0 saturated carbocycles. The van der Waals surface area contributed by atoms with Crippen LogP contribution in [0, 0.1) is 11.8 Å². The lowest BCUT2D eigenvalue weighted by atomic mass is 9.76. The first-order valence-corrected chi connectivity index (χ1v) is 9.63. The van der Waals surface area contributed by atoms with E-state index in [-0.39, 0.29) is 24.3 Å². The molecule has 7 nitrogen and oxygen atoms in total. The van der Waals surface area contributed by atoms with Gasteiger partial charge in [-0.15, -0.1) is 0 Å². The number of hydrogen-bond acceptors (Lipinski definition) is 5. The Morgan fingerprint density at radius 1 is 1.19 bits per heavy atom. The Morgan fingerprint density at radius 2 is 1.77 bits per heavy atom. The molecule has 0 radical (unpaired) electrons. The van der Waals surface area contributed by atoms with E-state index in [0.29, 0.717) is 25.9 Å². The zero-order chi connectivity index (χ0) is 19.5. The van der Waals surface area contributed by atoms with E-state index < -0.39 is 23.5 Å². The molecule has 2 aliphatic heterocycles. The van der Waals surface area contributed by atoms with E-state index in [4.69, 9.17) is 9.47 Å². The Hall–Kier alpha value is -1.63. The van der Waals surface area contributed by atoms with Crippen LogP contribution in [0.4, 0.5) is 0 Å². The zero-order valence-corrected chi connectivity index (χ0v) is 16.6. The second-order valence-electron chi connectivity index (χ2n) is 7.23. The number of hydrogen-bond donors (Lipinski definition) is 0. The Bertz CT molecular complexity index is 538. The smallest absolute Gasteiger partial charge is 0.314 e. The normalized spacial score (nSPS) is 25.2. The third kappa shape index (κ3) is 3.33. The van der Waals surface area contributed by atoms with E-state index in [1.165, 1.54) is 7.11 Å². The first-order valence-electron chi connectivity index (χ1n) is 9.63. The molecule has 1 spiro atoms. The minimum absolute atomic E-state index is 0.0413. The van der Waals surface area contributed by atoms with E-state index >= 15 is 0 Å². The molecule has 2 aliphatic rings. The van der Waals surface area contributed by atoms with Gasteiger partial charge in [0.1, 0.15) is 5.92 Å². The number of piperidine rings is 1. The predicted octanol–water partition coefficient (Wildman–Crippen LogP) is 1.45. The fraction of sp³-hybridized carbons (Fsp3) is 0.842. The summed E-state index contributed by atoms with van der Waals surface area (Å²) in [6.07, 6.45) is 1.95. The highest BCUT2D eigenvalue weighted by atomic mass is 16.5. The highest BCUT2D eigenvalue weighted by Crippen LogP contribution is 2.44. The van der Waals surface area contributed by atoms with Crippen LogP contribution in [0.2, 0.25) is 0 Å². The average Bonchev–Trinajstić information content (AvgIpc) is 2.85. The molecule has 0 bridgehead atoms. The quantitative estimate of drug-likeness (QED) is 0.663. The number of methoxy groups -OCH3 is 1. The number of likely N-dealkylation sites (N-methyl/N-ethyl adjacent to an activating group) is 1. The third-order valence-electron chi connectivity index (χ3n) is 6.19. The summed E-state index contributed by atoms with van der Waals surface area (Å²) in [7, 11) is 3.18. The van der Waals surface area contributed by atoms with Gasteiger partial charge in [-0.3, -0.25) is 14.4 Å². The highest BCUT2D eigenvalue weighted by Gasteiger charge is 2.62. The van der Waals surface area contributed by atoms with Gasteiger partial charge in [-0.2, -0.15) is 0 Å². The number of likely N-dealkylation sites (tertiary alicyclic amines) is 2. The average molecular weight is 368 g/mol. The summed E-state index contributed by atoms with van der Waals surface area (Å²) in [6.45, 7) is 7.16. The van der Waals surface area contributed by atoms with Gasteiger partial charge in [0.2, 0.25) is 5.91 Å². The molecule has 2 atom stereocenters. The van der Waals surface area contributed by atoms with Gasteiger partial charge in [0.05, 0.1) is 12.1 Å². The Labute approximate surface area is 156 Å². The number of ether oxygens (including phenoxy) is 2. The topological polar surface area (TPSA) is 76.2 Å². The number of carbonyl (C=O) groups is 3. The molecule has 2 amide bonds. The Kier molecular flexibility index (Phi) is 6.66. The summed E-state index contributed by atoms with van der Waals surface area (Å²) in [5.41, 5.74) is -0.644. The molecule has 0 N–H and O–H groups in total. The van der Waals surface area contributed by atoms with Crippen molar-refractivity contribution in [3.63, 3.8) is 0 Å². The van der Waals surface area contributed by atoms with Crippen molar-refractivity contribution < 1.29 is 23.9 Å². The van der Waals surface area contributed by atoms with Crippen LogP contribution in [-0.4, -0.2) is 73.1 Å². The lowest BCUT2D eigenvalue weighted by Crippen LogP contribution is -2.58. The summed E-state index contributed by atoms with van der Waals surface area (Å²) in [4.78, 5) is 41.5. The van der Waals surface area contributed by atoms with Crippen molar-refractivity contribution in [2.75, 3.05) is 33.9 Å². The van der Waals surface area contributed by atoms with Crippen molar-refractivity contribution in [1.29, 1.82) is 0 Å². The first kappa shape index (κ1) is 20.7. The van der Waals surface area contributed by atoms with Crippen LogP contribution < -0.4 is 0 Å². The van der Waals surface area contributed by atoms with Gasteiger partial charge in [0.25, 0.3) is 5.91 Å². The summed E-state index contributed by atoms with van der Waals surface area (Å²) in [5.74, 6) is -1.02. The molecule has 0 aromatic carbocycles. The molecule has 7 heteroatoms. The molecule has 2 rings (SSSR count). The number of amides is 2. The fourth-order valence-corrected chi connectivity index (χ4v) is 4.51. The first-order chi connectivity index (χ1) is 12.4. The van der Waals surface area contributed by atoms with E-state index in [9.17, 15) is 14.4 Å². The number of rotatable bonds is 6.